The van der Waals surface area contributed by atoms with Gasteiger partial charge in [-0.1, -0.05) is 0 Å². The van der Waals surface area contributed by atoms with E-state index < -0.39 is 34.8 Å². The molecule has 0 atom stereocenters. The molecule has 0 unspecified atom stereocenters. The van der Waals surface area contributed by atoms with Crippen LogP contribution in [0.2, 0.25) is 0 Å². The van der Waals surface area contributed by atoms with Gasteiger partial charge >= 0.3 is 12.1 Å². The van der Waals surface area contributed by atoms with Crippen LogP contribution in [0.5, 0.6) is 5.75 Å². The SMILES string of the molecule is COc1c(C(F)(F)F)ccc(F)c1C(=O)O. The third-order valence-electron chi connectivity index (χ3n) is 1.83. The van der Waals surface area contributed by atoms with Gasteiger partial charge in [-0.3, -0.25) is 0 Å². The van der Waals surface area contributed by atoms with E-state index in [2.05, 4.69) is 4.74 Å². The molecule has 0 saturated heterocycles. The first-order valence-electron chi connectivity index (χ1n) is 3.96. The van der Waals surface area contributed by atoms with Crippen LogP contribution in [-0.2, 0) is 6.18 Å². The molecule has 3 nitrogen and oxygen atoms in total. The summed E-state index contributed by atoms with van der Waals surface area (Å²) in [5, 5.41) is 8.58. The van der Waals surface area contributed by atoms with Gasteiger partial charge in [0.1, 0.15) is 17.1 Å². The van der Waals surface area contributed by atoms with Gasteiger partial charge in [-0.2, -0.15) is 13.2 Å². The molecule has 0 fully saturated rings. The predicted molar refractivity (Wildman–Crippen MR) is 44.9 cm³/mol. The monoisotopic (exact) mass is 238 g/mol. The number of carboxylic acid groups (broad SMARTS) is 1. The van der Waals surface area contributed by atoms with Crippen LogP contribution in [0.4, 0.5) is 17.6 Å². The van der Waals surface area contributed by atoms with Crippen LogP contribution in [0.3, 0.4) is 0 Å². The van der Waals surface area contributed by atoms with E-state index >= 15 is 0 Å². The standard InChI is InChI=1S/C9H6F4O3/c1-16-7-4(9(11,12)13)2-3-5(10)6(7)8(14)15/h2-3H,1H3,(H,14,15). The second-order valence-corrected chi connectivity index (χ2v) is 2.81. The molecule has 0 saturated carbocycles. The molecule has 7 heteroatoms. The second kappa shape index (κ2) is 3.99. The molecular formula is C9H6F4O3. The first kappa shape index (κ1) is 12.3. The first-order valence-corrected chi connectivity index (χ1v) is 3.96. The number of benzene rings is 1. The third kappa shape index (κ3) is 2.07. The van der Waals surface area contributed by atoms with Crippen LogP contribution in [0, 0.1) is 5.82 Å². The van der Waals surface area contributed by atoms with E-state index in [0.29, 0.717) is 12.1 Å². The second-order valence-electron chi connectivity index (χ2n) is 2.81. The van der Waals surface area contributed by atoms with Crippen molar-refractivity contribution in [3.8, 4) is 5.75 Å². The molecular weight excluding hydrogens is 232 g/mol. The normalized spacial score (nSPS) is 11.3. The minimum Gasteiger partial charge on any atom is -0.495 e. The Morgan fingerprint density at radius 3 is 2.31 bits per heavy atom. The lowest BCUT2D eigenvalue weighted by atomic mass is 10.1. The van der Waals surface area contributed by atoms with E-state index in [-0.39, 0.29) is 0 Å². The summed E-state index contributed by atoms with van der Waals surface area (Å²) in [5.74, 6) is -4.13. The maximum absolute atomic E-state index is 13.0. The van der Waals surface area contributed by atoms with Crippen LogP contribution in [-0.4, -0.2) is 18.2 Å². The van der Waals surface area contributed by atoms with Crippen LogP contribution in [0.1, 0.15) is 15.9 Å². The van der Waals surface area contributed by atoms with E-state index in [9.17, 15) is 22.4 Å². The van der Waals surface area contributed by atoms with Crippen molar-refractivity contribution in [2.75, 3.05) is 7.11 Å². The number of methoxy groups -OCH3 is 1. The van der Waals surface area contributed by atoms with Gasteiger partial charge < -0.3 is 9.84 Å². The quantitative estimate of drug-likeness (QED) is 0.805. The largest absolute Gasteiger partial charge is 0.495 e. The van der Waals surface area contributed by atoms with Gasteiger partial charge in [0, 0.05) is 0 Å². The number of halogens is 4. The predicted octanol–water partition coefficient (Wildman–Crippen LogP) is 2.55. The Bertz CT molecular complexity index is 425. The van der Waals surface area contributed by atoms with Crippen molar-refractivity contribution in [2.24, 2.45) is 0 Å². The summed E-state index contributed by atoms with van der Waals surface area (Å²) in [6.45, 7) is 0. The lowest BCUT2D eigenvalue weighted by Crippen LogP contribution is -2.13. The zero-order chi connectivity index (χ0) is 12.5. The van der Waals surface area contributed by atoms with Crippen molar-refractivity contribution in [2.45, 2.75) is 6.18 Å². The number of ether oxygens (including phenoxy) is 1. The number of alkyl halides is 3. The number of hydrogen-bond acceptors (Lipinski definition) is 2. The summed E-state index contributed by atoms with van der Waals surface area (Å²) in [4.78, 5) is 10.6. The molecule has 0 heterocycles. The molecule has 1 N–H and O–H groups in total. The summed E-state index contributed by atoms with van der Waals surface area (Å²) in [7, 11) is 0.844. The number of hydrogen-bond donors (Lipinski definition) is 1. The van der Waals surface area contributed by atoms with Gasteiger partial charge in [-0.15, -0.1) is 0 Å². The van der Waals surface area contributed by atoms with E-state index in [4.69, 9.17) is 5.11 Å². The fraction of sp³-hybridized carbons (Fsp3) is 0.222. The smallest absolute Gasteiger partial charge is 0.419 e. The van der Waals surface area contributed by atoms with E-state index in [1.165, 1.54) is 0 Å². The van der Waals surface area contributed by atoms with Crippen molar-refractivity contribution in [3.63, 3.8) is 0 Å². The van der Waals surface area contributed by atoms with Gasteiger partial charge in [0.2, 0.25) is 0 Å². The van der Waals surface area contributed by atoms with Gasteiger partial charge in [0.25, 0.3) is 0 Å². The molecule has 0 aliphatic rings. The number of carboxylic acids is 1. The highest BCUT2D eigenvalue weighted by atomic mass is 19.4. The molecule has 0 aliphatic heterocycles. The topological polar surface area (TPSA) is 46.5 Å². The molecule has 0 aliphatic carbocycles. The van der Waals surface area contributed by atoms with E-state index in [1.54, 1.807) is 0 Å². The van der Waals surface area contributed by atoms with Gasteiger partial charge in [-0.05, 0) is 12.1 Å². The Kier molecular flexibility index (Phi) is 3.06. The van der Waals surface area contributed by atoms with Gasteiger partial charge in [-0.25, -0.2) is 9.18 Å². The molecule has 0 bridgehead atoms. The third-order valence-corrected chi connectivity index (χ3v) is 1.83. The Balaban J connectivity index is 3.56. The summed E-state index contributed by atoms with van der Waals surface area (Å²) in [5.41, 5.74) is -2.45. The molecule has 0 amide bonds. The van der Waals surface area contributed by atoms with Crippen molar-refractivity contribution in [1.29, 1.82) is 0 Å². The van der Waals surface area contributed by atoms with E-state index in [0.717, 1.165) is 7.11 Å². The molecule has 0 aromatic heterocycles. The Hall–Kier alpha value is -1.79. The number of aromatic carboxylic acids is 1. The Morgan fingerprint density at radius 1 is 1.38 bits per heavy atom. The average Bonchev–Trinajstić information content (AvgIpc) is 2.14. The van der Waals surface area contributed by atoms with Crippen molar-refractivity contribution in [1.82, 2.24) is 0 Å². The highest BCUT2D eigenvalue weighted by Gasteiger charge is 2.37. The highest BCUT2D eigenvalue weighted by Crippen LogP contribution is 2.38. The summed E-state index contributed by atoms with van der Waals surface area (Å²) in [6.07, 6.45) is -4.80. The molecule has 1 aromatic carbocycles. The molecule has 1 aromatic rings. The lowest BCUT2D eigenvalue weighted by Gasteiger charge is -2.14. The zero-order valence-corrected chi connectivity index (χ0v) is 7.93. The van der Waals surface area contributed by atoms with Crippen molar-refractivity contribution >= 4 is 5.97 Å². The van der Waals surface area contributed by atoms with Crippen LogP contribution in [0.15, 0.2) is 12.1 Å². The Morgan fingerprint density at radius 2 is 1.94 bits per heavy atom. The van der Waals surface area contributed by atoms with Gasteiger partial charge in [0.15, 0.2) is 0 Å². The summed E-state index contributed by atoms with van der Waals surface area (Å²) < 4.78 is 54.6. The van der Waals surface area contributed by atoms with Crippen LogP contribution >= 0.6 is 0 Å². The zero-order valence-electron chi connectivity index (χ0n) is 7.93. The van der Waals surface area contributed by atoms with Crippen molar-refractivity contribution < 1.29 is 32.2 Å². The molecule has 1 rings (SSSR count). The Labute approximate surface area is 87.3 Å². The maximum atomic E-state index is 13.0. The number of carbonyl (C=O) groups is 1. The van der Waals surface area contributed by atoms with Gasteiger partial charge in [0.05, 0.1) is 12.7 Å². The fourth-order valence-electron chi connectivity index (χ4n) is 1.19. The fourth-order valence-corrected chi connectivity index (χ4v) is 1.19. The minimum absolute atomic E-state index is 0.431. The van der Waals surface area contributed by atoms with Crippen LogP contribution < -0.4 is 4.74 Å². The first-order chi connectivity index (χ1) is 7.29. The summed E-state index contributed by atoms with van der Waals surface area (Å²) in [6, 6.07) is 0.870. The average molecular weight is 238 g/mol. The highest BCUT2D eigenvalue weighted by molar-refractivity contribution is 5.91. The minimum atomic E-state index is -4.80. The van der Waals surface area contributed by atoms with Crippen LogP contribution in [0.25, 0.3) is 0 Å². The molecule has 88 valence electrons. The number of rotatable bonds is 2. The molecule has 0 spiro atoms. The maximum Gasteiger partial charge on any atom is 0.419 e. The molecule has 0 radical (unpaired) electrons. The summed E-state index contributed by atoms with van der Waals surface area (Å²) >= 11 is 0. The van der Waals surface area contributed by atoms with E-state index in [1.807, 2.05) is 0 Å². The lowest BCUT2D eigenvalue weighted by molar-refractivity contribution is -0.138. The van der Waals surface area contributed by atoms with Crippen molar-refractivity contribution in [3.05, 3.63) is 29.1 Å². The molecule has 16 heavy (non-hydrogen) atoms.